The normalized spacial score (nSPS) is 11.4. The van der Waals surface area contributed by atoms with E-state index in [1.807, 2.05) is 6.92 Å². The molecule has 0 aromatic rings. The number of unbranched alkanes of at least 4 members (excludes halogenated alkanes) is 8. The molecule has 1 atom stereocenters. The van der Waals surface area contributed by atoms with Gasteiger partial charge in [-0.15, -0.1) is 0 Å². The molecule has 0 amide bonds. The van der Waals surface area contributed by atoms with Gasteiger partial charge in [-0.2, -0.15) is 0 Å². The van der Waals surface area contributed by atoms with Gasteiger partial charge in [-0.25, -0.2) is 0 Å². The number of hydrogen-bond acceptors (Lipinski definition) is 3. The lowest BCUT2D eigenvalue weighted by Gasteiger charge is -2.14. The maximum Gasteiger partial charge on any atom is 0.308 e. The zero-order valence-corrected chi connectivity index (χ0v) is 17.9. The van der Waals surface area contributed by atoms with E-state index in [1.165, 1.54) is 57.8 Å². The Hall–Kier alpha value is -1.06. The third-order valence-electron chi connectivity index (χ3n) is 4.44. The number of esters is 1. The monoisotopic (exact) mass is 372 g/mol. The number of carbonyl (C=O) groups is 2. The summed E-state index contributed by atoms with van der Waals surface area (Å²) < 4.78 is 5.41. The topological polar surface area (TPSA) is 63.6 Å². The van der Waals surface area contributed by atoms with Gasteiger partial charge < -0.3 is 9.84 Å². The van der Waals surface area contributed by atoms with Gasteiger partial charge in [0.1, 0.15) is 0 Å². The zero-order chi connectivity index (χ0) is 20.0. The summed E-state index contributed by atoms with van der Waals surface area (Å²) in [6.07, 6.45) is 15.3. The van der Waals surface area contributed by atoms with Crippen molar-refractivity contribution >= 4 is 11.9 Å². The second-order valence-corrected chi connectivity index (χ2v) is 7.03. The zero-order valence-electron chi connectivity index (χ0n) is 17.9. The van der Waals surface area contributed by atoms with Crippen molar-refractivity contribution in [1.29, 1.82) is 0 Å². The minimum absolute atomic E-state index is 0.0403. The Balaban J connectivity index is 0. The lowest BCUT2D eigenvalue weighted by Crippen LogP contribution is -2.17. The molecule has 1 unspecified atom stereocenters. The van der Waals surface area contributed by atoms with Crippen LogP contribution in [0.3, 0.4) is 0 Å². The molecule has 0 aliphatic heterocycles. The van der Waals surface area contributed by atoms with Gasteiger partial charge in [0.2, 0.25) is 0 Å². The molecular weight excluding hydrogens is 328 g/mol. The van der Waals surface area contributed by atoms with Gasteiger partial charge in [0.05, 0.1) is 12.5 Å². The molecular formula is C22H44O4. The average Bonchev–Trinajstić information content (AvgIpc) is 2.61. The van der Waals surface area contributed by atoms with Crippen molar-refractivity contribution in [3.05, 3.63) is 0 Å². The Kier molecular flexibility index (Phi) is 23.0. The van der Waals surface area contributed by atoms with Crippen LogP contribution in [0, 0.1) is 5.92 Å². The van der Waals surface area contributed by atoms with Gasteiger partial charge >= 0.3 is 11.9 Å². The number of carboxylic acids is 1. The first kappa shape index (κ1) is 27.2. The molecule has 0 spiro atoms. The molecule has 0 rings (SSSR count). The van der Waals surface area contributed by atoms with Crippen LogP contribution in [-0.4, -0.2) is 23.7 Å². The highest BCUT2D eigenvalue weighted by molar-refractivity contribution is 5.72. The number of aliphatic carboxylic acids is 1. The summed E-state index contributed by atoms with van der Waals surface area (Å²) >= 11 is 0. The van der Waals surface area contributed by atoms with Crippen LogP contribution in [0.4, 0.5) is 0 Å². The van der Waals surface area contributed by atoms with E-state index in [0.717, 1.165) is 25.7 Å². The minimum Gasteiger partial charge on any atom is -0.481 e. The van der Waals surface area contributed by atoms with E-state index in [2.05, 4.69) is 20.8 Å². The van der Waals surface area contributed by atoms with Crippen molar-refractivity contribution in [2.24, 2.45) is 5.92 Å². The first-order valence-corrected chi connectivity index (χ1v) is 10.9. The number of hydrogen-bond donors (Lipinski definition) is 1. The minimum atomic E-state index is -0.711. The largest absolute Gasteiger partial charge is 0.481 e. The molecule has 0 aromatic heterocycles. The molecule has 0 fully saturated rings. The molecule has 4 heteroatoms. The van der Waals surface area contributed by atoms with Crippen LogP contribution in [-0.2, 0) is 14.3 Å². The van der Waals surface area contributed by atoms with Crippen LogP contribution < -0.4 is 0 Å². The first-order chi connectivity index (χ1) is 12.5. The quantitative estimate of drug-likeness (QED) is 0.240. The highest BCUT2D eigenvalue weighted by Crippen LogP contribution is 2.16. The third kappa shape index (κ3) is 21.0. The van der Waals surface area contributed by atoms with Gasteiger partial charge in [0.15, 0.2) is 0 Å². The van der Waals surface area contributed by atoms with Crippen LogP contribution in [0.5, 0.6) is 0 Å². The Bertz CT molecular complexity index is 315. The molecule has 0 saturated carbocycles. The van der Waals surface area contributed by atoms with E-state index < -0.39 is 5.97 Å². The summed E-state index contributed by atoms with van der Waals surface area (Å²) in [5, 5.41) is 7.91. The Morgan fingerprint density at radius 2 is 1.31 bits per heavy atom. The SMILES string of the molecule is CCCC(=O)O.CCCCCCCOC(=O)C(CC)CCCCCCC. The highest BCUT2D eigenvalue weighted by Gasteiger charge is 2.17. The molecule has 156 valence electrons. The van der Waals surface area contributed by atoms with E-state index in [9.17, 15) is 9.59 Å². The van der Waals surface area contributed by atoms with Crippen LogP contribution in [0.25, 0.3) is 0 Å². The van der Waals surface area contributed by atoms with Gasteiger partial charge in [-0.05, 0) is 25.7 Å². The number of rotatable bonds is 16. The molecule has 0 bridgehead atoms. The van der Waals surface area contributed by atoms with Gasteiger partial charge in [0.25, 0.3) is 0 Å². The van der Waals surface area contributed by atoms with Crippen molar-refractivity contribution in [3.63, 3.8) is 0 Å². The smallest absolute Gasteiger partial charge is 0.308 e. The molecule has 0 heterocycles. The number of carboxylic acid groups (broad SMARTS) is 1. The molecule has 0 aromatic carbocycles. The fraction of sp³-hybridized carbons (Fsp3) is 0.909. The van der Waals surface area contributed by atoms with E-state index in [-0.39, 0.29) is 11.9 Å². The van der Waals surface area contributed by atoms with Crippen molar-refractivity contribution in [3.8, 4) is 0 Å². The van der Waals surface area contributed by atoms with Crippen molar-refractivity contribution < 1.29 is 19.4 Å². The lowest BCUT2D eigenvalue weighted by molar-refractivity contribution is -0.149. The Labute approximate surface area is 162 Å². The lowest BCUT2D eigenvalue weighted by atomic mass is 9.98. The summed E-state index contributed by atoms with van der Waals surface area (Å²) in [6.45, 7) is 9.00. The number of carbonyl (C=O) groups excluding carboxylic acids is 1. The van der Waals surface area contributed by atoms with E-state index >= 15 is 0 Å². The van der Waals surface area contributed by atoms with E-state index in [1.54, 1.807) is 0 Å². The third-order valence-corrected chi connectivity index (χ3v) is 4.44. The fourth-order valence-electron chi connectivity index (χ4n) is 2.69. The average molecular weight is 373 g/mol. The predicted octanol–water partition coefficient (Wildman–Crippen LogP) is 6.76. The molecule has 1 N–H and O–H groups in total. The van der Waals surface area contributed by atoms with Crippen molar-refractivity contribution in [1.82, 2.24) is 0 Å². The Morgan fingerprint density at radius 3 is 1.73 bits per heavy atom. The van der Waals surface area contributed by atoms with E-state index in [0.29, 0.717) is 13.0 Å². The van der Waals surface area contributed by atoms with Gasteiger partial charge in [-0.3, -0.25) is 9.59 Å². The second kappa shape index (κ2) is 22.0. The molecule has 0 aliphatic carbocycles. The summed E-state index contributed by atoms with van der Waals surface area (Å²) in [7, 11) is 0. The second-order valence-electron chi connectivity index (χ2n) is 7.03. The van der Waals surface area contributed by atoms with Crippen LogP contribution in [0.2, 0.25) is 0 Å². The first-order valence-electron chi connectivity index (χ1n) is 10.9. The van der Waals surface area contributed by atoms with E-state index in [4.69, 9.17) is 9.84 Å². The standard InChI is InChI=1S/C18H36O2.C4H8O2/c1-4-7-9-11-13-15-17(6-3)18(19)20-16-14-12-10-8-5-2;1-2-3-4(5)6/h17H,4-16H2,1-3H3;2-3H2,1H3,(H,5,6). The maximum atomic E-state index is 12.0. The van der Waals surface area contributed by atoms with Gasteiger partial charge in [-0.1, -0.05) is 85.5 Å². The molecule has 0 radical (unpaired) electrons. The predicted molar refractivity (Wildman–Crippen MR) is 109 cm³/mol. The summed E-state index contributed by atoms with van der Waals surface area (Å²) in [5.41, 5.74) is 0. The van der Waals surface area contributed by atoms with Crippen molar-refractivity contribution in [2.75, 3.05) is 6.61 Å². The van der Waals surface area contributed by atoms with Crippen molar-refractivity contribution in [2.45, 2.75) is 118 Å². The van der Waals surface area contributed by atoms with Crippen LogP contribution in [0.15, 0.2) is 0 Å². The molecule has 0 aliphatic rings. The van der Waals surface area contributed by atoms with Crippen LogP contribution in [0.1, 0.15) is 118 Å². The highest BCUT2D eigenvalue weighted by atomic mass is 16.5. The number of ether oxygens (including phenoxy) is 1. The summed E-state index contributed by atoms with van der Waals surface area (Å²) in [5.74, 6) is -0.539. The molecule has 0 saturated heterocycles. The molecule has 26 heavy (non-hydrogen) atoms. The fourth-order valence-corrected chi connectivity index (χ4v) is 2.69. The van der Waals surface area contributed by atoms with Gasteiger partial charge in [0, 0.05) is 6.42 Å². The summed E-state index contributed by atoms with van der Waals surface area (Å²) in [4.78, 5) is 21.6. The van der Waals surface area contributed by atoms with Crippen LogP contribution >= 0.6 is 0 Å². The summed E-state index contributed by atoms with van der Waals surface area (Å²) in [6, 6.07) is 0. The maximum absolute atomic E-state index is 12.0. The Morgan fingerprint density at radius 1 is 0.769 bits per heavy atom. The molecule has 4 nitrogen and oxygen atoms in total.